The first kappa shape index (κ1) is 20.3. The summed E-state index contributed by atoms with van der Waals surface area (Å²) in [5.74, 6) is -14.3. The van der Waals surface area contributed by atoms with Gasteiger partial charge in [0.1, 0.15) is 6.04 Å². The fourth-order valence-corrected chi connectivity index (χ4v) is 3.19. The summed E-state index contributed by atoms with van der Waals surface area (Å²) in [4.78, 5) is 31.3. The molecule has 2 amide bonds. The van der Waals surface area contributed by atoms with Crippen molar-refractivity contribution in [1.29, 1.82) is 0 Å². The molecule has 0 N–H and O–H groups in total. The van der Waals surface area contributed by atoms with Gasteiger partial charge in [0, 0.05) is 6.54 Å². The van der Waals surface area contributed by atoms with Gasteiger partial charge in [-0.1, -0.05) is 13.3 Å². The van der Waals surface area contributed by atoms with Gasteiger partial charge >= 0.3 is 12.0 Å². The molecule has 2 aliphatic heterocycles. The number of unbranched alkanes of at least 4 members (excludes halogenated alkanes) is 1. The van der Waals surface area contributed by atoms with Crippen LogP contribution in [0, 0.1) is 29.1 Å². The average molecular weight is 408 g/mol. The Morgan fingerprint density at radius 1 is 1.04 bits per heavy atom. The van der Waals surface area contributed by atoms with E-state index in [0.717, 1.165) is 22.8 Å². The van der Waals surface area contributed by atoms with Crippen LogP contribution in [0.5, 0.6) is 5.75 Å². The number of halogens is 5. The van der Waals surface area contributed by atoms with E-state index >= 15 is 0 Å². The lowest BCUT2D eigenvalue weighted by atomic mass is 10.0. The second kappa shape index (κ2) is 7.90. The fourth-order valence-electron chi connectivity index (χ4n) is 3.19. The van der Waals surface area contributed by atoms with Crippen LogP contribution in [0.1, 0.15) is 32.6 Å². The van der Waals surface area contributed by atoms with Gasteiger partial charge in [-0.2, -0.15) is 13.8 Å². The number of piperidine rings is 1. The van der Waals surface area contributed by atoms with Crippen LogP contribution < -0.4 is 4.74 Å². The van der Waals surface area contributed by atoms with Crippen LogP contribution in [0.25, 0.3) is 0 Å². The van der Waals surface area contributed by atoms with E-state index in [1.54, 1.807) is 0 Å². The summed E-state index contributed by atoms with van der Waals surface area (Å²) in [5, 5.41) is 1.15. The molecule has 28 heavy (non-hydrogen) atoms. The quantitative estimate of drug-likeness (QED) is 0.181. The molecule has 2 aliphatic rings. The zero-order valence-electron chi connectivity index (χ0n) is 14.8. The normalized spacial score (nSPS) is 21.4. The summed E-state index contributed by atoms with van der Waals surface area (Å²) in [5.41, 5.74) is 0. The van der Waals surface area contributed by atoms with Gasteiger partial charge in [-0.3, -0.25) is 4.84 Å². The maximum absolute atomic E-state index is 13.7. The Kier molecular flexibility index (Phi) is 5.73. The molecule has 0 radical (unpaired) electrons. The number of rotatable bonds is 6. The first-order chi connectivity index (χ1) is 13.3. The van der Waals surface area contributed by atoms with Crippen molar-refractivity contribution < 1.29 is 41.1 Å². The molecule has 2 saturated heterocycles. The zero-order chi connectivity index (χ0) is 20.6. The maximum Gasteiger partial charge on any atom is 0.345 e. The van der Waals surface area contributed by atoms with Gasteiger partial charge < -0.3 is 9.64 Å². The monoisotopic (exact) mass is 408 g/mol. The van der Waals surface area contributed by atoms with Gasteiger partial charge in [-0.15, -0.1) is 0 Å². The van der Waals surface area contributed by atoms with Crippen LogP contribution in [0.2, 0.25) is 0 Å². The minimum atomic E-state index is -2.36. The van der Waals surface area contributed by atoms with Crippen molar-refractivity contribution in [3.8, 4) is 5.75 Å². The highest BCUT2D eigenvalue weighted by molar-refractivity contribution is 5.86. The molecule has 3 rings (SSSR count). The molecule has 0 saturated carbocycles. The third kappa shape index (κ3) is 3.38. The summed E-state index contributed by atoms with van der Waals surface area (Å²) < 4.78 is 71.5. The highest BCUT2D eigenvalue weighted by Crippen LogP contribution is 2.33. The smallest absolute Gasteiger partial charge is 0.345 e. The van der Waals surface area contributed by atoms with E-state index in [1.807, 2.05) is 6.92 Å². The molecule has 0 aromatic heterocycles. The number of hydrogen-bond acceptors (Lipinski definition) is 4. The molecule has 2 atom stereocenters. The topological polar surface area (TPSA) is 59.1 Å². The SMILES string of the molecule is CCCCON1C(=O)N2C[C@@H]1CC[C@H]2C(=O)Oc1c(F)c(F)c(F)c(F)c1F. The zero-order valence-corrected chi connectivity index (χ0v) is 14.8. The number of ether oxygens (including phenoxy) is 1. The Morgan fingerprint density at radius 3 is 2.25 bits per heavy atom. The number of fused-ring (bicyclic) bond motifs is 2. The Hall–Kier alpha value is -2.43. The van der Waals surface area contributed by atoms with Crippen LogP contribution >= 0.6 is 0 Å². The minimum Gasteiger partial charge on any atom is -0.418 e. The number of nitrogens with zero attached hydrogens (tertiary/aromatic N) is 2. The van der Waals surface area contributed by atoms with Crippen molar-refractivity contribution in [2.45, 2.75) is 44.7 Å². The molecule has 0 unspecified atom stereocenters. The molecule has 2 bridgehead atoms. The first-order valence-corrected chi connectivity index (χ1v) is 8.73. The molecule has 0 aliphatic carbocycles. The van der Waals surface area contributed by atoms with Crippen LogP contribution in [0.15, 0.2) is 0 Å². The Morgan fingerprint density at radius 2 is 1.64 bits per heavy atom. The molecule has 6 nitrogen and oxygen atoms in total. The molecular formula is C17H17F5N2O4. The highest BCUT2D eigenvalue weighted by atomic mass is 19.2. The van der Waals surface area contributed by atoms with E-state index in [0.29, 0.717) is 13.0 Å². The molecule has 154 valence electrons. The fraction of sp³-hybridized carbons (Fsp3) is 0.529. The number of hydroxylamine groups is 2. The van der Waals surface area contributed by atoms with E-state index in [1.165, 1.54) is 0 Å². The van der Waals surface area contributed by atoms with Gasteiger partial charge in [-0.25, -0.2) is 22.8 Å². The van der Waals surface area contributed by atoms with Gasteiger partial charge in [-0.05, 0) is 19.3 Å². The van der Waals surface area contributed by atoms with Gasteiger partial charge in [0.25, 0.3) is 0 Å². The summed E-state index contributed by atoms with van der Waals surface area (Å²) in [6.07, 6.45) is 2.03. The first-order valence-electron chi connectivity index (χ1n) is 8.73. The number of carbonyl (C=O) groups is 2. The van der Waals surface area contributed by atoms with E-state index < -0.39 is 52.9 Å². The lowest BCUT2D eigenvalue weighted by molar-refractivity contribution is -0.140. The largest absolute Gasteiger partial charge is 0.418 e. The maximum atomic E-state index is 13.7. The van der Waals surface area contributed by atoms with Gasteiger partial charge in [0.05, 0.1) is 12.6 Å². The van der Waals surface area contributed by atoms with Crippen molar-refractivity contribution in [3.63, 3.8) is 0 Å². The molecule has 1 aromatic rings. The second-order valence-electron chi connectivity index (χ2n) is 6.51. The van der Waals surface area contributed by atoms with Crippen LogP contribution in [-0.4, -0.2) is 47.2 Å². The molecule has 2 fully saturated rings. The number of benzene rings is 1. The van der Waals surface area contributed by atoms with Crippen molar-refractivity contribution in [3.05, 3.63) is 29.1 Å². The molecular weight excluding hydrogens is 391 g/mol. The van der Waals surface area contributed by atoms with Crippen molar-refractivity contribution in [1.82, 2.24) is 9.96 Å². The lowest BCUT2D eigenvalue weighted by Gasteiger charge is -2.28. The number of amides is 2. The van der Waals surface area contributed by atoms with Crippen molar-refractivity contribution >= 4 is 12.0 Å². The molecule has 11 heteroatoms. The second-order valence-corrected chi connectivity index (χ2v) is 6.51. The highest BCUT2D eigenvalue weighted by Gasteiger charge is 2.49. The summed E-state index contributed by atoms with van der Waals surface area (Å²) in [6, 6.07) is -2.13. The summed E-state index contributed by atoms with van der Waals surface area (Å²) in [6.45, 7) is 2.39. The van der Waals surface area contributed by atoms with Crippen LogP contribution in [0.4, 0.5) is 26.7 Å². The van der Waals surface area contributed by atoms with E-state index in [4.69, 9.17) is 4.84 Å². The van der Waals surface area contributed by atoms with Gasteiger partial charge in [0.2, 0.25) is 34.8 Å². The Balaban J connectivity index is 1.76. The summed E-state index contributed by atoms with van der Waals surface area (Å²) in [7, 11) is 0. The number of esters is 1. The van der Waals surface area contributed by atoms with E-state index in [9.17, 15) is 31.5 Å². The molecule has 2 heterocycles. The van der Waals surface area contributed by atoms with Crippen LogP contribution in [0.3, 0.4) is 0 Å². The lowest BCUT2D eigenvalue weighted by Crippen LogP contribution is -2.47. The van der Waals surface area contributed by atoms with Crippen molar-refractivity contribution in [2.75, 3.05) is 13.2 Å². The minimum absolute atomic E-state index is 0.0955. The predicted molar refractivity (Wildman–Crippen MR) is 83.5 cm³/mol. The third-order valence-corrected chi connectivity index (χ3v) is 4.70. The summed E-state index contributed by atoms with van der Waals surface area (Å²) >= 11 is 0. The third-order valence-electron chi connectivity index (χ3n) is 4.70. The Bertz CT molecular complexity index is 777. The number of carbonyl (C=O) groups excluding carboxylic acids is 2. The molecule has 0 spiro atoms. The van der Waals surface area contributed by atoms with Crippen molar-refractivity contribution in [2.24, 2.45) is 0 Å². The number of urea groups is 1. The van der Waals surface area contributed by atoms with E-state index in [2.05, 4.69) is 4.74 Å². The number of hydrogen-bond donors (Lipinski definition) is 0. The predicted octanol–water partition coefficient (Wildman–Crippen LogP) is 3.29. The standard InChI is InChI=1S/C17H17F5N2O4/c1-2-3-6-27-24-8-4-5-9(23(7-8)17(24)26)16(25)28-15-13(21)11(19)10(18)12(20)14(15)22/h8-9H,2-7H2,1H3/t8-,9-/m0/s1. The Labute approximate surface area is 156 Å². The average Bonchev–Trinajstić information content (AvgIpc) is 2.93. The molecule has 1 aromatic carbocycles. The van der Waals surface area contributed by atoms with Gasteiger partial charge in [0.15, 0.2) is 0 Å². The van der Waals surface area contributed by atoms with E-state index in [-0.39, 0.29) is 19.0 Å². The van der Waals surface area contributed by atoms with Crippen LogP contribution in [-0.2, 0) is 9.63 Å².